The molecule has 0 bridgehead atoms. The minimum atomic E-state index is 1.11. The van der Waals surface area contributed by atoms with Crippen molar-refractivity contribution in [3.05, 3.63) is 203 Å². The number of hydrogen-bond donors (Lipinski definition) is 0. The van der Waals surface area contributed by atoms with Gasteiger partial charge in [0.15, 0.2) is 0 Å². The quantitative estimate of drug-likeness (QED) is 0.120. The van der Waals surface area contributed by atoms with Crippen LogP contribution >= 0.6 is 22.6 Å². The summed E-state index contributed by atoms with van der Waals surface area (Å²) in [6, 6.07) is 68.8. The molecule has 1 aromatic heterocycles. The van der Waals surface area contributed by atoms with Gasteiger partial charge in [0.25, 0.3) is 0 Å². The highest BCUT2D eigenvalue weighted by atomic mass is 127. The highest BCUT2D eigenvalue weighted by Gasteiger charge is 2.17. The predicted octanol–water partition coefficient (Wildman–Crippen LogP) is 15.1. The zero-order chi connectivity index (χ0) is 37.0. The van der Waals surface area contributed by atoms with Crippen LogP contribution in [0.3, 0.4) is 0 Å². The first-order valence-electron chi connectivity index (χ1n) is 18.8. The molecular weight excluding hydrogens is 779 g/mol. The van der Waals surface area contributed by atoms with Crippen molar-refractivity contribution in [1.82, 2.24) is 4.57 Å². The lowest BCUT2D eigenvalue weighted by Crippen LogP contribution is -2.10. The molecule has 10 aromatic rings. The highest BCUT2D eigenvalue weighted by molar-refractivity contribution is 14.1. The summed E-state index contributed by atoms with van der Waals surface area (Å²) >= 11 is 2.37. The summed E-state index contributed by atoms with van der Waals surface area (Å²) in [5, 5.41) is 7.71. The van der Waals surface area contributed by atoms with Crippen LogP contribution in [0.25, 0.3) is 71.3 Å². The topological polar surface area (TPSA) is 8.17 Å². The number of benzene rings is 9. The Labute approximate surface area is 335 Å². The third-order valence-electron chi connectivity index (χ3n) is 11.3. The van der Waals surface area contributed by atoms with Crippen molar-refractivity contribution >= 4 is 83.0 Å². The van der Waals surface area contributed by atoms with Crippen LogP contribution in [0.4, 0.5) is 17.1 Å². The monoisotopic (exact) mass is 816 g/mol. The second-order valence-electron chi connectivity index (χ2n) is 14.4. The van der Waals surface area contributed by atoms with Crippen molar-refractivity contribution in [3.8, 4) is 27.9 Å². The lowest BCUT2D eigenvalue weighted by atomic mass is 9.92. The standard InChI is InChI=1S/C52H37IN2/c1-34-35(2)49-33-44(29-30-47(49)46-13-7-6-12-45(34)46)54(41-23-16-37(17-24-41)36-10-4-3-5-11-36)42-25-18-38(19-26-42)39-20-31-52-50(32-39)48-14-8-9-15-51(48)55(52)43-27-21-40(53)22-28-43/h3-33H,1-2H3. The molecule has 10 rings (SSSR count). The Morgan fingerprint density at radius 1 is 0.364 bits per heavy atom. The van der Waals surface area contributed by atoms with Gasteiger partial charge in [-0.1, -0.05) is 109 Å². The number of nitrogens with zero attached hydrogens (tertiary/aromatic N) is 2. The lowest BCUT2D eigenvalue weighted by Gasteiger charge is -2.27. The molecule has 0 radical (unpaired) electrons. The van der Waals surface area contributed by atoms with Crippen molar-refractivity contribution in [1.29, 1.82) is 0 Å². The van der Waals surface area contributed by atoms with Crippen molar-refractivity contribution in [2.24, 2.45) is 0 Å². The molecular formula is C52H37IN2. The predicted molar refractivity (Wildman–Crippen MR) is 244 cm³/mol. The number of fused-ring (bicyclic) bond motifs is 6. The van der Waals surface area contributed by atoms with Crippen LogP contribution in [-0.2, 0) is 0 Å². The SMILES string of the molecule is Cc1c(C)c2cc(N(c3ccc(-c4ccccc4)cc3)c3ccc(-c4ccc5c(c4)c4ccccc4n5-c4ccc(I)cc4)cc3)ccc2c2ccccc12. The molecule has 0 spiro atoms. The Kier molecular flexibility index (Phi) is 8.26. The summed E-state index contributed by atoms with van der Waals surface area (Å²) in [5.74, 6) is 0. The van der Waals surface area contributed by atoms with E-state index in [0.29, 0.717) is 0 Å². The summed E-state index contributed by atoms with van der Waals surface area (Å²) in [4.78, 5) is 2.39. The molecule has 0 amide bonds. The number of rotatable bonds is 6. The smallest absolute Gasteiger partial charge is 0.0541 e. The van der Waals surface area contributed by atoms with Crippen molar-refractivity contribution in [2.45, 2.75) is 13.8 Å². The number of halogens is 1. The van der Waals surface area contributed by atoms with Gasteiger partial charge in [0.1, 0.15) is 0 Å². The van der Waals surface area contributed by atoms with E-state index in [1.165, 1.54) is 86.0 Å². The molecule has 0 saturated carbocycles. The van der Waals surface area contributed by atoms with Gasteiger partial charge >= 0.3 is 0 Å². The zero-order valence-electron chi connectivity index (χ0n) is 30.7. The number of para-hydroxylation sites is 1. The summed E-state index contributed by atoms with van der Waals surface area (Å²) < 4.78 is 3.61. The molecule has 55 heavy (non-hydrogen) atoms. The molecule has 0 saturated heterocycles. The zero-order valence-corrected chi connectivity index (χ0v) is 32.8. The van der Waals surface area contributed by atoms with Gasteiger partial charge in [-0.3, -0.25) is 0 Å². The third-order valence-corrected chi connectivity index (χ3v) is 12.0. The van der Waals surface area contributed by atoms with Crippen LogP contribution in [0.1, 0.15) is 11.1 Å². The maximum absolute atomic E-state index is 2.39. The molecule has 0 fully saturated rings. The van der Waals surface area contributed by atoms with Gasteiger partial charge in [0, 0.05) is 37.1 Å². The molecule has 3 heteroatoms. The minimum absolute atomic E-state index is 1.11. The van der Waals surface area contributed by atoms with Gasteiger partial charge in [0.2, 0.25) is 0 Å². The molecule has 0 aliphatic carbocycles. The molecule has 0 aliphatic heterocycles. The Morgan fingerprint density at radius 3 is 1.58 bits per heavy atom. The number of aromatic nitrogens is 1. The van der Waals surface area contributed by atoms with Gasteiger partial charge in [-0.05, 0) is 170 Å². The van der Waals surface area contributed by atoms with Crippen LogP contribution in [-0.4, -0.2) is 4.57 Å². The van der Waals surface area contributed by atoms with Gasteiger partial charge in [-0.15, -0.1) is 0 Å². The summed E-state index contributed by atoms with van der Waals surface area (Å²) in [7, 11) is 0. The number of anilines is 3. The van der Waals surface area contributed by atoms with Gasteiger partial charge in [-0.25, -0.2) is 0 Å². The van der Waals surface area contributed by atoms with Crippen LogP contribution in [0.2, 0.25) is 0 Å². The van der Waals surface area contributed by atoms with E-state index in [9.17, 15) is 0 Å². The fourth-order valence-electron chi connectivity index (χ4n) is 8.37. The molecule has 9 aromatic carbocycles. The van der Waals surface area contributed by atoms with Crippen LogP contribution < -0.4 is 4.90 Å². The molecule has 0 atom stereocenters. The third kappa shape index (κ3) is 5.78. The molecule has 0 aliphatic rings. The Morgan fingerprint density at radius 2 is 0.873 bits per heavy atom. The minimum Gasteiger partial charge on any atom is -0.310 e. The second-order valence-corrected chi connectivity index (χ2v) is 15.6. The van der Waals surface area contributed by atoms with E-state index in [0.717, 1.165) is 17.1 Å². The van der Waals surface area contributed by atoms with E-state index in [2.05, 4.69) is 234 Å². The first-order valence-corrected chi connectivity index (χ1v) is 19.9. The Balaban J connectivity index is 1.08. The fraction of sp³-hybridized carbons (Fsp3) is 0.0385. The number of hydrogen-bond acceptors (Lipinski definition) is 1. The van der Waals surface area contributed by atoms with Crippen molar-refractivity contribution < 1.29 is 0 Å². The van der Waals surface area contributed by atoms with E-state index < -0.39 is 0 Å². The fourth-order valence-corrected chi connectivity index (χ4v) is 8.73. The molecule has 262 valence electrons. The molecule has 0 unspecified atom stereocenters. The highest BCUT2D eigenvalue weighted by Crippen LogP contribution is 2.41. The average molecular weight is 817 g/mol. The van der Waals surface area contributed by atoms with Gasteiger partial charge in [-0.2, -0.15) is 0 Å². The van der Waals surface area contributed by atoms with Crippen LogP contribution in [0.15, 0.2) is 188 Å². The van der Waals surface area contributed by atoms with E-state index in [-0.39, 0.29) is 0 Å². The first kappa shape index (κ1) is 33.4. The summed E-state index contributed by atoms with van der Waals surface area (Å²) in [6.45, 7) is 4.51. The summed E-state index contributed by atoms with van der Waals surface area (Å²) in [6.07, 6.45) is 0. The first-order chi connectivity index (χ1) is 27.0. The Bertz CT molecular complexity index is 3030. The van der Waals surface area contributed by atoms with Gasteiger partial charge < -0.3 is 9.47 Å². The van der Waals surface area contributed by atoms with Crippen molar-refractivity contribution in [3.63, 3.8) is 0 Å². The van der Waals surface area contributed by atoms with Crippen LogP contribution in [0.5, 0.6) is 0 Å². The molecule has 0 N–H and O–H groups in total. The average Bonchev–Trinajstić information content (AvgIpc) is 3.58. The van der Waals surface area contributed by atoms with E-state index in [1.54, 1.807) is 0 Å². The molecule has 1 heterocycles. The summed E-state index contributed by atoms with van der Waals surface area (Å²) in [5.41, 5.74) is 14.4. The van der Waals surface area contributed by atoms with Gasteiger partial charge in [0.05, 0.1) is 11.0 Å². The normalized spacial score (nSPS) is 11.5. The lowest BCUT2D eigenvalue weighted by molar-refractivity contribution is 1.18. The van der Waals surface area contributed by atoms with E-state index >= 15 is 0 Å². The molecule has 2 nitrogen and oxygen atoms in total. The van der Waals surface area contributed by atoms with Crippen molar-refractivity contribution in [2.75, 3.05) is 4.90 Å². The Hall–Kier alpha value is -6.17. The van der Waals surface area contributed by atoms with E-state index in [1.807, 2.05) is 0 Å². The largest absolute Gasteiger partial charge is 0.310 e. The number of aryl methyl sites for hydroxylation is 2. The maximum atomic E-state index is 2.39. The van der Waals surface area contributed by atoms with Crippen LogP contribution in [0, 0.1) is 17.4 Å². The maximum Gasteiger partial charge on any atom is 0.0541 e. The second kappa shape index (κ2) is 13.6. The van der Waals surface area contributed by atoms with E-state index in [4.69, 9.17) is 0 Å².